The third-order valence-corrected chi connectivity index (χ3v) is 4.20. The Balaban J connectivity index is 1.59. The summed E-state index contributed by atoms with van der Waals surface area (Å²) in [7, 11) is 0. The Bertz CT molecular complexity index is 946. The first-order valence-corrected chi connectivity index (χ1v) is 9.21. The van der Waals surface area contributed by atoms with Gasteiger partial charge in [-0.2, -0.15) is 0 Å². The first-order valence-electron chi connectivity index (χ1n) is 8.83. The third-order valence-electron chi connectivity index (χ3n) is 3.98. The molecule has 0 unspecified atom stereocenters. The van der Waals surface area contributed by atoms with Gasteiger partial charge in [0.1, 0.15) is 5.82 Å². The largest absolute Gasteiger partial charge is 0.325 e. The molecule has 142 valence electrons. The molecule has 0 bridgehead atoms. The average molecular weight is 395 g/mol. The number of hydrogen-bond donors (Lipinski definition) is 2. The third kappa shape index (κ3) is 5.62. The average Bonchev–Trinajstić information content (AvgIpc) is 2.71. The smallest absolute Gasteiger partial charge is 0.258 e. The van der Waals surface area contributed by atoms with Crippen LogP contribution in [0.4, 0.5) is 11.5 Å². The number of carbonyl (C=O) groups excluding carboxylic acids is 2. The van der Waals surface area contributed by atoms with E-state index in [1.807, 2.05) is 18.2 Å². The number of aryl methyl sites for hydroxylation is 1. The fourth-order valence-electron chi connectivity index (χ4n) is 2.61. The first kappa shape index (κ1) is 19.5. The van der Waals surface area contributed by atoms with E-state index in [4.69, 9.17) is 11.6 Å². The summed E-state index contributed by atoms with van der Waals surface area (Å²) in [4.78, 5) is 33.1. The van der Waals surface area contributed by atoms with Crippen LogP contribution in [0.2, 0.25) is 5.02 Å². The SMILES string of the molecule is O=C(CCCc1ccccn1)Nc1ccccc1C(=O)Nc1ccc(Cl)cn1. The predicted molar refractivity (Wildman–Crippen MR) is 109 cm³/mol. The van der Waals surface area contributed by atoms with Crippen LogP contribution < -0.4 is 10.6 Å². The molecule has 0 aliphatic heterocycles. The van der Waals surface area contributed by atoms with E-state index in [2.05, 4.69) is 20.6 Å². The number of pyridine rings is 2. The summed E-state index contributed by atoms with van der Waals surface area (Å²) in [5, 5.41) is 5.99. The van der Waals surface area contributed by atoms with E-state index >= 15 is 0 Å². The number of anilines is 2. The molecule has 2 amide bonds. The van der Waals surface area contributed by atoms with Gasteiger partial charge in [0, 0.05) is 24.5 Å². The van der Waals surface area contributed by atoms with Crippen LogP contribution >= 0.6 is 11.6 Å². The van der Waals surface area contributed by atoms with Crippen LogP contribution in [0, 0.1) is 0 Å². The van der Waals surface area contributed by atoms with Crippen LogP contribution in [-0.2, 0) is 11.2 Å². The maximum absolute atomic E-state index is 12.6. The highest BCUT2D eigenvalue weighted by molar-refractivity contribution is 6.30. The molecule has 0 saturated heterocycles. The second kappa shape index (κ2) is 9.62. The number of benzene rings is 1. The summed E-state index contributed by atoms with van der Waals surface area (Å²) >= 11 is 5.80. The minimum atomic E-state index is -0.362. The minimum Gasteiger partial charge on any atom is -0.325 e. The Morgan fingerprint density at radius 2 is 1.75 bits per heavy atom. The standard InChI is InChI=1S/C21H19ClN4O2/c22-15-11-12-19(24-14-15)26-21(28)17-8-1-2-9-18(17)25-20(27)10-5-7-16-6-3-4-13-23-16/h1-4,6,8-9,11-14H,5,7,10H2,(H,25,27)(H,24,26,28). The fourth-order valence-corrected chi connectivity index (χ4v) is 2.72. The van der Waals surface area contributed by atoms with Gasteiger partial charge in [0.15, 0.2) is 0 Å². The summed E-state index contributed by atoms with van der Waals surface area (Å²) in [5.74, 6) is -0.133. The molecule has 2 aromatic heterocycles. The van der Waals surface area contributed by atoms with Gasteiger partial charge >= 0.3 is 0 Å². The molecule has 0 saturated carbocycles. The molecule has 0 radical (unpaired) electrons. The zero-order valence-electron chi connectivity index (χ0n) is 15.1. The number of amides is 2. The van der Waals surface area contributed by atoms with Crippen LogP contribution in [0.25, 0.3) is 0 Å². The summed E-state index contributed by atoms with van der Waals surface area (Å²) < 4.78 is 0. The molecule has 3 rings (SSSR count). The van der Waals surface area contributed by atoms with E-state index in [1.54, 1.807) is 42.6 Å². The van der Waals surface area contributed by atoms with Crippen molar-refractivity contribution in [3.8, 4) is 0 Å². The maximum Gasteiger partial charge on any atom is 0.258 e. The normalized spacial score (nSPS) is 10.3. The lowest BCUT2D eigenvalue weighted by Crippen LogP contribution is -2.18. The Morgan fingerprint density at radius 1 is 0.929 bits per heavy atom. The van der Waals surface area contributed by atoms with E-state index in [-0.39, 0.29) is 11.8 Å². The molecule has 2 N–H and O–H groups in total. The summed E-state index contributed by atoms with van der Waals surface area (Å²) in [6, 6.07) is 15.8. The minimum absolute atomic E-state index is 0.152. The molecule has 2 heterocycles. The molecule has 0 spiro atoms. The summed E-state index contributed by atoms with van der Waals surface area (Å²) in [6.45, 7) is 0. The molecular formula is C21H19ClN4O2. The zero-order valence-corrected chi connectivity index (χ0v) is 15.8. The van der Waals surface area contributed by atoms with Gasteiger partial charge in [0.25, 0.3) is 5.91 Å². The van der Waals surface area contributed by atoms with Crippen molar-refractivity contribution >= 4 is 34.9 Å². The lowest BCUT2D eigenvalue weighted by Gasteiger charge is -2.11. The molecule has 0 aliphatic rings. The number of aromatic nitrogens is 2. The van der Waals surface area contributed by atoms with Crippen molar-refractivity contribution in [2.24, 2.45) is 0 Å². The van der Waals surface area contributed by atoms with E-state index in [0.717, 1.165) is 12.1 Å². The van der Waals surface area contributed by atoms with Crippen molar-refractivity contribution in [3.63, 3.8) is 0 Å². The number of nitrogens with one attached hydrogen (secondary N) is 2. The van der Waals surface area contributed by atoms with Crippen molar-refractivity contribution in [1.82, 2.24) is 9.97 Å². The van der Waals surface area contributed by atoms with Gasteiger partial charge in [-0.25, -0.2) is 4.98 Å². The van der Waals surface area contributed by atoms with Crippen LogP contribution in [0.3, 0.4) is 0 Å². The summed E-state index contributed by atoms with van der Waals surface area (Å²) in [5.41, 5.74) is 1.76. The van der Waals surface area contributed by atoms with Crippen molar-refractivity contribution in [2.75, 3.05) is 10.6 Å². The van der Waals surface area contributed by atoms with Gasteiger partial charge in [-0.1, -0.05) is 29.8 Å². The van der Waals surface area contributed by atoms with Gasteiger partial charge in [-0.05, 0) is 49.2 Å². The highest BCUT2D eigenvalue weighted by atomic mass is 35.5. The second-order valence-electron chi connectivity index (χ2n) is 6.08. The second-order valence-corrected chi connectivity index (χ2v) is 6.52. The molecule has 6 nitrogen and oxygen atoms in total. The Hall–Kier alpha value is -3.25. The Kier molecular flexibility index (Phi) is 6.70. The molecule has 0 aliphatic carbocycles. The molecule has 0 fully saturated rings. The molecule has 3 aromatic rings. The van der Waals surface area contributed by atoms with Gasteiger partial charge in [-0.3, -0.25) is 14.6 Å². The van der Waals surface area contributed by atoms with Crippen molar-refractivity contribution in [2.45, 2.75) is 19.3 Å². The molecule has 1 aromatic carbocycles. The zero-order chi connectivity index (χ0) is 19.8. The topological polar surface area (TPSA) is 84.0 Å². The van der Waals surface area contributed by atoms with Crippen LogP contribution in [0.15, 0.2) is 67.0 Å². The number of para-hydroxylation sites is 1. The van der Waals surface area contributed by atoms with Crippen LogP contribution in [0.1, 0.15) is 28.9 Å². The maximum atomic E-state index is 12.6. The Morgan fingerprint density at radius 3 is 2.50 bits per heavy atom. The molecule has 0 atom stereocenters. The number of nitrogens with zero attached hydrogens (tertiary/aromatic N) is 2. The molecule has 7 heteroatoms. The monoisotopic (exact) mass is 394 g/mol. The van der Waals surface area contributed by atoms with Crippen LogP contribution in [0.5, 0.6) is 0 Å². The highest BCUT2D eigenvalue weighted by Gasteiger charge is 2.14. The summed E-state index contributed by atoms with van der Waals surface area (Å²) in [6.07, 6.45) is 4.92. The van der Waals surface area contributed by atoms with E-state index in [0.29, 0.717) is 34.9 Å². The number of carbonyl (C=O) groups is 2. The van der Waals surface area contributed by atoms with Crippen molar-refractivity contribution in [1.29, 1.82) is 0 Å². The number of halogens is 1. The van der Waals surface area contributed by atoms with E-state index in [1.165, 1.54) is 6.20 Å². The highest BCUT2D eigenvalue weighted by Crippen LogP contribution is 2.18. The Labute approximate surface area is 168 Å². The van der Waals surface area contributed by atoms with Crippen molar-refractivity contribution in [3.05, 3.63) is 83.3 Å². The quantitative estimate of drug-likeness (QED) is 0.624. The van der Waals surface area contributed by atoms with E-state index in [9.17, 15) is 9.59 Å². The lowest BCUT2D eigenvalue weighted by molar-refractivity contribution is -0.116. The van der Waals surface area contributed by atoms with Gasteiger partial charge < -0.3 is 10.6 Å². The number of hydrogen-bond acceptors (Lipinski definition) is 4. The molecular weight excluding hydrogens is 376 g/mol. The van der Waals surface area contributed by atoms with E-state index < -0.39 is 0 Å². The van der Waals surface area contributed by atoms with Crippen LogP contribution in [-0.4, -0.2) is 21.8 Å². The predicted octanol–water partition coefficient (Wildman–Crippen LogP) is 4.34. The fraction of sp³-hybridized carbons (Fsp3) is 0.143. The van der Waals surface area contributed by atoms with Gasteiger partial charge in [-0.15, -0.1) is 0 Å². The molecule has 28 heavy (non-hydrogen) atoms. The van der Waals surface area contributed by atoms with Gasteiger partial charge in [0.05, 0.1) is 16.3 Å². The lowest BCUT2D eigenvalue weighted by atomic mass is 10.1. The number of rotatable bonds is 7. The van der Waals surface area contributed by atoms with Gasteiger partial charge in [0.2, 0.25) is 5.91 Å². The van der Waals surface area contributed by atoms with Crippen molar-refractivity contribution < 1.29 is 9.59 Å². The first-order chi connectivity index (χ1) is 13.6.